The van der Waals surface area contributed by atoms with Gasteiger partial charge in [-0.3, -0.25) is 9.59 Å². The predicted molar refractivity (Wildman–Crippen MR) is 144 cm³/mol. The molecule has 1 fully saturated rings. The number of aromatic nitrogens is 1. The molecule has 3 amide bonds. The van der Waals surface area contributed by atoms with Crippen LogP contribution in [0.15, 0.2) is 52.9 Å². The molecule has 3 aromatic rings. The van der Waals surface area contributed by atoms with Crippen LogP contribution >= 0.6 is 0 Å². The molecular weight excluding hydrogens is 543 g/mol. The van der Waals surface area contributed by atoms with Gasteiger partial charge < -0.3 is 24.7 Å². The third kappa shape index (κ3) is 7.63. The van der Waals surface area contributed by atoms with Gasteiger partial charge in [0, 0.05) is 13.1 Å². The minimum atomic E-state index is -3.96. The number of ether oxygens (including phenoxy) is 1. The maximum Gasteiger partial charge on any atom is 0.318 e. The average molecular weight is 575 g/mol. The molecule has 1 saturated heterocycles. The van der Waals surface area contributed by atoms with Gasteiger partial charge in [-0.25, -0.2) is 22.6 Å². The Balaban J connectivity index is 1.53. The fraction of sp³-hybridized carbons (Fsp3) is 0.407. The van der Waals surface area contributed by atoms with Crippen molar-refractivity contribution < 1.29 is 36.3 Å². The van der Waals surface area contributed by atoms with Gasteiger partial charge in [0.1, 0.15) is 17.4 Å². The van der Waals surface area contributed by atoms with Crippen LogP contribution in [0.2, 0.25) is 0 Å². The van der Waals surface area contributed by atoms with Crippen molar-refractivity contribution in [2.45, 2.75) is 37.6 Å². The maximum absolute atomic E-state index is 13.4. The number of urea groups is 1. The Labute approximate surface area is 231 Å². The van der Waals surface area contributed by atoms with Gasteiger partial charge in [0.2, 0.25) is 11.7 Å². The first-order valence-corrected chi connectivity index (χ1v) is 14.8. The van der Waals surface area contributed by atoms with E-state index in [-0.39, 0.29) is 25.4 Å². The zero-order valence-electron chi connectivity index (χ0n) is 22.0. The van der Waals surface area contributed by atoms with Crippen LogP contribution in [0.25, 0.3) is 11.1 Å². The Kier molecular flexibility index (Phi) is 9.48. The molecular formula is C27H31FN4O7S. The molecule has 1 aliphatic rings. The van der Waals surface area contributed by atoms with E-state index in [0.29, 0.717) is 36.3 Å². The van der Waals surface area contributed by atoms with Crippen molar-refractivity contribution in [1.82, 2.24) is 20.5 Å². The van der Waals surface area contributed by atoms with Crippen molar-refractivity contribution >= 4 is 38.7 Å². The number of amides is 3. The summed E-state index contributed by atoms with van der Waals surface area (Å²) in [6, 6.07) is 8.60. The smallest absolute Gasteiger partial charge is 0.318 e. The lowest BCUT2D eigenvalue weighted by Gasteiger charge is -2.29. The lowest BCUT2D eigenvalue weighted by atomic mass is 10.1. The van der Waals surface area contributed by atoms with Crippen molar-refractivity contribution in [3.8, 4) is 0 Å². The highest BCUT2D eigenvalue weighted by Gasteiger charge is 2.33. The van der Waals surface area contributed by atoms with E-state index < -0.39 is 57.0 Å². The van der Waals surface area contributed by atoms with E-state index in [1.165, 1.54) is 17.0 Å². The first kappa shape index (κ1) is 29.2. The molecule has 13 heteroatoms. The minimum absolute atomic E-state index is 0.183. The topological polar surface area (TPSA) is 148 Å². The van der Waals surface area contributed by atoms with Crippen LogP contribution in [0.1, 0.15) is 36.0 Å². The molecule has 11 nitrogen and oxygen atoms in total. The minimum Gasteiger partial charge on any atom is -0.434 e. The fourth-order valence-electron chi connectivity index (χ4n) is 4.29. The van der Waals surface area contributed by atoms with Crippen molar-refractivity contribution in [3.63, 3.8) is 0 Å². The second-order valence-electron chi connectivity index (χ2n) is 9.48. The second-order valence-corrected chi connectivity index (χ2v) is 11.6. The highest BCUT2D eigenvalue weighted by atomic mass is 32.2. The Morgan fingerprint density at radius 3 is 2.40 bits per heavy atom. The number of nitrogens with one attached hydrogen (secondary N) is 2. The first-order chi connectivity index (χ1) is 19.1. The van der Waals surface area contributed by atoms with Gasteiger partial charge in [-0.1, -0.05) is 37.6 Å². The molecule has 0 radical (unpaired) electrons. The van der Waals surface area contributed by atoms with Crippen LogP contribution in [-0.4, -0.2) is 80.2 Å². The number of nitrogens with zero attached hydrogens (tertiary/aromatic N) is 2. The first-order valence-electron chi connectivity index (χ1n) is 12.9. The Hall–Kier alpha value is -3.84. The number of sulfone groups is 1. The third-order valence-electron chi connectivity index (χ3n) is 6.35. The Bertz CT molecular complexity index is 1420. The number of benzene rings is 2. The number of hydrogen-bond acceptors (Lipinski definition) is 8. The van der Waals surface area contributed by atoms with Crippen molar-refractivity contribution in [2.75, 3.05) is 32.1 Å². The van der Waals surface area contributed by atoms with E-state index in [1.54, 1.807) is 24.3 Å². The van der Waals surface area contributed by atoms with Gasteiger partial charge >= 0.3 is 6.03 Å². The maximum atomic E-state index is 13.4. The molecule has 2 N–H and O–H groups in total. The summed E-state index contributed by atoms with van der Waals surface area (Å²) >= 11 is 0. The molecule has 0 bridgehead atoms. The summed E-state index contributed by atoms with van der Waals surface area (Å²) in [6.07, 6.45) is 0.750. The number of hydrogen-bond donors (Lipinski definition) is 2. The number of ketones is 1. The van der Waals surface area contributed by atoms with Gasteiger partial charge in [-0.05, 0) is 36.2 Å². The van der Waals surface area contributed by atoms with Gasteiger partial charge in [-0.15, -0.1) is 0 Å². The summed E-state index contributed by atoms with van der Waals surface area (Å²) in [7, 11) is -3.96. The van der Waals surface area contributed by atoms with Crippen molar-refractivity contribution in [3.05, 3.63) is 65.8 Å². The molecule has 1 aromatic heterocycles. The molecule has 1 aliphatic heterocycles. The van der Waals surface area contributed by atoms with Crippen LogP contribution in [0.4, 0.5) is 9.18 Å². The zero-order chi connectivity index (χ0) is 28.7. The van der Waals surface area contributed by atoms with Crippen molar-refractivity contribution in [2.24, 2.45) is 0 Å². The number of carbonyl (C=O) groups is 3. The largest absolute Gasteiger partial charge is 0.434 e. The monoisotopic (exact) mass is 574 g/mol. The number of carbonyl (C=O) groups excluding carboxylic acids is 3. The van der Waals surface area contributed by atoms with Crippen LogP contribution in [-0.2, 0) is 25.1 Å². The molecule has 0 spiro atoms. The summed E-state index contributed by atoms with van der Waals surface area (Å²) in [5, 5.41) is 5.12. The zero-order valence-corrected chi connectivity index (χ0v) is 22.8. The molecule has 214 valence electrons. The number of morpholine rings is 1. The summed E-state index contributed by atoms with van der Waals surface area (Å²) in [5.41, 5.74) is 1.22. The van der Waals surface area contributed by atoms with Crippen LogP contribution < -0.4 is 10.6 Å². The lowest BCUT2D eigenvalue weighted by Crippen LogP contribution is -2.57. The molecule has 0 aliphatic carbocycles. The third-order valence-corrected chi connectivity index (χ3v) is 7.96. The van der Waals surface area contributed by atoms with Gasteiger partial charge in [0.25, 0.3) is 5.89 Å². The predicted octanol–water partition coefficient (Wildman–Crippen LogP) is 2.46. The lowest BCUT2D eigenvalue weighted by molar-refractivity contribution is -0.123. The highest BCUT2D eigenvalue weighted by Crippen LogP contribution is 2.17. The number of fused-ring (bicyclic) bond motifs is 1. The summed E-state index contributed by atoms with van der Waals surface area (Å²) in [5.74, 6) is -3.31. The molecule has 2 aromatic carbocycles. The number of Topliss-reactive ketones (excluding diaryl/α,β-unsaturated/α-hetero) is 1. The molecule has 4 rings (SSSR count). The van der Waals surface area contributed by atoms with E-state index >= 15 is 0 Å². The summed E-state index contributed by atoms with van der Waals surface area (Å²) in [4.78, 5) is 45.2. The molecule has 0 saturated carbocycles. The van der Waals surface area contributed by atoms with Crippen LogP contribution in [0, 0.1) is 5.82 Å². The van der Waals surface area contributed by atoms with Gasteiger partial charge in [-0.2, -0.15) is 0 Å². The van der Waals surface area contributed by atoms with E-state index in [2.05, 4.69) is 15.6 Å². The summed E-state index contributed by atoms with van der Waals surface area (Å²) < 4.78 is 50.3. The van der Waals surface area contributed by atoms with E-state index in [1.807, 2.05) is 6.92 Å². The Morgan fingerprint density at radius 2 is 1.73 bits per heavy atom. The standard InChI is InChI=1S/C27H31FN4O7S/c1-2-5-21(24(33)26-30-20-6-3-4-7-23(20)39-26)29-25(34)22(31-27(35)32-12-14-38-15-13-32)17-40(36,37)16-18-8-10-19(28)11-9-18/h3-4,6-11,21-22H,2,5,12-17H2,1H3,(H,29,34)(H,31,35)/t21-,22-/m0/s1. The number of oxazole rings is 1. The highest BCUT2D eigenvalue weighted by molar-refractivity contribution is 7.90. The van der Waals surface area contributed by atoms with E-state index in [4.69, 9.17) is 9.15 Å². The second kappa shape index (κ2) is 13.0. The average Bonchev–Trinajstić information content (AvgIpc) is 3.38. The fourth-order valence-corrected chi connectivity index (χ4v) is 5.85. The number of halogens is 1. The van der Waals surface area contributed by atoms with E-state index in [9.17, 15) is 27.2 Å². The van der Waals surface area contributed by atoms with E-state index in [0.717, 1.165) is 12.1 Å². The molecule has 2 heterocycles. The Morgan fingerprint density at radius 1 is 1.02 bits per heavy atom. The SMILES string of the molecule is CCC[C@H](NC(=O)[C@H](CS(=O)(=O)Cc1ccc(F)cc1)NC(=O)N1CCOCC1)C(=O)c1nc2ccccc2o1. The van der Waals surface area contributed by atoms with Crippen LogP contribution in [0.3, 0.4) is 0 Å². The van der Waals surface area contributed by atoms with Gasteiger partial charge in [0.15, 0.2) is 15.4 Å². The summed E-state index contributed by atoms with van der Waals surface area (Å²) in [6.45, 7) is 2.99. The molecule has 40 heavy (non-hydrogen) atoms. The quantitative estimate of drug-likeness (QED) is 0.332. The number of rotatable bonds is 11. The molecule has 2 atom stereocenters. The van der Waals surface area contributed by atoms with Crippen molar-refractivity contribution in [1.29, 1.82) is 0 Å². The van der Waals surface area contributed by atoms with Gasteiger partial charge in [0.05, 0.1) is 30.8 Å². The molecule has 0 unspecified atom stereocenters. The van der Waals surface area contributed by atoms with Crippen LogP contribution in [0.5, 0.6) is 0 Å². The normalized spacial score (nSPS) is 15.4. The number of para-hydroxylation sites is 2.